The summed E-state index contributed by atoms with van der Waals surface area (Å²) in [6.07, 6.45) is -1.16. The van der Waals surface area contributed by atoms with Gasteiger partial charge in [-0.2, -0.15) is 0 Å². The van der Waals surface area contributed by atoms with Crippen LogP contribution in [0.3, 0.4) is 0 Å². The van der Waals surface area contributed by atoms with E-state index >= 15 is 0 Å². The first-order valence-electron chi connectivity index (χ1n) is 14.6. The van der Waals surface area contributed by atoms with E-state index in [0.717, 1.165) is 0 Å². The minimum Gasteiger partial charge on any atom is -0.481 e. The van der Waals surface area contributed by atoms with Crippen molar-refractivity contribution in [1.29, 1.82) is 0 Å². The van der Waals surface area contributed by atoms with Crippen LogP contribution >= 0.6 is 0 Å². The van der Waals surface area contributed by atoms with Crippen LogP contribution in [0.2, 0.25) is 0 Å². The molecule has 0 heterocycles. The van der Waals surface area contributed by atoms with E-state index in [2.05, 4.69) is 0 Å². The van der Waals surface area contributed by atoms with Gasteiger partial charge in [-0.3, -0.25) is 9.59 Å². The van der Waals surface area contributed by atoms with Crippen LogP contribution in [0.25, 0.3) is 0 Å². The van der Waals surface area contributed by atoms with Crippen molar-refractivity contribution < 1.29 is 67.2 Å². The van der Waals surface area contributed by atoms with Gasteiger partial charge in [-0.25, -0.2) is 0 Å². The van der Waals surface area contributed by atoms with Crippen molar-refractivity contribution in [2.75, 3.05) is 67.1 Å². The van der Waals surface area contributed by atoms with Crippen LogP contribution in [0.1, 0.15) is 74.7 Å². The third-order valence-corrected chi connectivity index (χ3v) is 6.50. The quantitative estimate of drug-likeness (QED) is 0.129. The summed E-state index contributed by atoms with van der Waals surface area (Å²) in [4.78, 5) is 26.0. The maximum atomic E-state index is 14.2. The molecule has 0 bridgehead atoms. The van der Waals surface area contributed by atoms with E-state index in [1.165, 1.54) is 14.2 Å². The molecule has 0 radical (unpaired) electrons. The molecule has 0 amide bonds. The Kier molecular flexibility index (Phi) is 18.4. The van der Waals surface area contributed by atoms with Gasteiger partial charge in [-0.1, -0.05) is 0 Å². The van der Waals surface area contributed by atoms with Crippen molar-refractivity contribution in [3.05, 3.63) is 0 Å². The fraction of sp³-hybridized carbons (Fsp3) is 0.929. The number of carboxylic acid groups (broad SMARTS) is 2. The molecule has 0 unspecified atom stereocenters. The van der Waals surface area contributed by atoms with Crippen LogP contribution in [-0.4, -0.2) is 113 Å². The molecule has 0 aromatic carbocycles. The maximum absolute atomic E-state index is 14.2. The third kappa shape index (κ3) is 7.42. The zero-order valence-corrected chi connectivity index (χ0v) is 27.1. The van der Waals surface area contributed by atoms with Gasteiger partial charge in [0, 0.05) is 73.5 Å². The van der Waals surface area contributed by atoms with E-state index in [0.29, 0.717) is 0 Å². The average Bonchev–Trinajstić information content (AvgIpc) is 2.94. The summed E-state index contributed by atoms with van der Waals surface area (Å²) in [6, 6.07) is 0. The molecule has 0 aliphatic rings. The topological polar surface area (TPSA) is 167 Å². The van der Waals surface area contributed by atoms with Crippen LogP contribution in [-0.2, 0) is 57.0 Å². The molecule has 42 heavy (non-hydrogen) atoms. The van der Waals surface area contributed by atoms with E-state index in [1.54, 1.807) is 55.4 Å². The van der Waals surface area contributed by atoms with Crippen LogP contribution in [0.5, 0.6) is 0 Å². The summed E-state index contributed by atoms with van der Waals surface area (Å²) in [5, 5.41) is 21.2. The minimum atomic E-state index is -2.64. The second kappa shape index (κ2) is 19.0. The Hall–Kier alpha value is -1.46. The second-order valence-corrected chi connectivity index (χ2v) is 8.68. The van der Waals surface area contributed by atoms with Crippen LogP contribution in [0.15, 0.2) is 0 Å². The Labute approximate surface area is 250 Å². The van der Waals surface area contributed by atoms with Gasteiger partial charge in [0.15, 0.2) is 5.41 Å². The molecule has 0 aliphatic heterocycles. The Morgan fingerprint density at radius 2 is 0.810 bits per heavy atom. The minimum absolute atomic E-state index is 0.0385. The molecule has 0 aromatic rings. The highest BCUT2D eigenvalue weighted by atomic mass is 16.9. The van der Waals surface area contributed by atoms with Crippen LogP contribution < -0.4 is 0 Å². The number of carboxylic acids is 2. The summed E-state index contributed by atoms with van der Waals surface area (Å²) in [5.74, 6) is -12.7. The first-order valence-corrected chi connectivity index (χ1v) is 14.6. The normalized spacial score (nSPS) is 13.5. The van der Waals surface area contributed by atoms with E-state index < -0.39 is 53.7 Å². The summed E-state index contributed by atoms with van der Waals surface area (Å²) < 4.78 is 61.5. The van der Waals surface area contributed by atoms with Gasteiger partial charge < -0.3 is 57.6 Å². The zero-order valence-electron chi connectivity index (χ0n) is 27.1. The SMILES string of the molecule is CCOC(OC)(OCC)C(OCC)(OCC)C(CCCC(=O)O)(C(=O)O)C(OCC)(OCC)C(OC)(OCC)OCC. The summed E-state index contributed by atoms with van der Waals surface area (Å²) >= 11 is 0. The van der Waals surface area contributed by atoms with Crippen molar-refractivity contribution in [3.8, 4) is 0 Å². The highest BCUT2D eigenvalue weighted by Crippen LogP contribution is 2.61. The second-order valence-electron chi connectivity index (χ2n) is 8.68. The summed E-state index contributed by atoms with van der Waals surface area (Å²) in [5.41, 5.74) is -2.64. The lowest BCUT2D eigenvalue weighted by Gasteiger charge is -2.61. The van der Waals surface area contributed by atoms with Crippen molar-refractivity contribution >= 4 is 11.9 Å². The smallest absolute Gasteiger partial charge is 0.341 e. The number of methoxy groups -OCH3 is 2. The lowest BCUT2D eigenvalue weighted by atomic mass is 9.65. The Morgan fingerprint density at radius 1 is 0.524 bits per heavy atom. The van der Waals surface area contributed by atoms with Gasteiger partial charge in [0.05, 0.1) is 0 Å². The van der Waals surface area contributed by atoms with Gasteiger partial charge in [-0.15, -0.1) is 0 Å². The van der Waals surface area contributed by atoms with Gasteiger partial charge in [0.25, 0.3) is 11.6 Å². The Morgan fingerprint density at radius 3 is 1.00 bits per heavy atom. The molecule has 0 aliphatic carbocycles. The van der Waals surface area contributed by atoms with Gasteiger partial charge in [0.2, 0.25) is 0 Å². The molecule has 0 spiro atoms. The highest BCUT2D eigenvalue weighted by Gasteiger charge is 2.86. The lowest BCUT2D eigenvalue weighted by molar-refractivity contribution is -0.570. The molecular formula is C28H54O14. The Balaban J connectivity index is 8.87. The van der Waals surface area contributed by atoms with Gasteiger partial charge in [0.1, 0.15) is 0 Å². The van der Waals surface area contributed by atoms with E-state index in [-0.39, 0.29) is 59.3 Å². The van der Waals surface area contributed by atoms with Crippen molar-refractivity contribution in [1.82, 2.24) is 0 Å². The van der Waals surface area contributed by atoms with Gasteiger partial charge >= 0.3 is 23.9 Å². The fourth-order valence-electron chi connectivity index (χ4n) is 5.43. The molecule has 0 atom stereocenters. The Bertz CT molecular complexity index is 706. The molecular weight excluding hydrogens is 560 g/mol. The zero-order chi connectivity index (χ0) is 32.5. The first-order chi connectivity index (χ1) is 20.0. The van der Waals surface area contributed by atoms with Crippen molar-refractivity contribution in [2.24, 2.45) is 5.41 Å². The molecule has 2 N–H and O–H groups in total. The number of rotatable bonds is 27. The number of aliphatic carboxylic acids is 2. The van der Waals surface area contributed by atoms with Crippen LogP contribution in [0.4, 0.5) is 0 Å². The maximum Gasteiger partial charge on any atom is 0.341 e. The average molecular weight is 615 g/mol. The molecule has 0 fully saturated rings. The standard InChI is InChI=1S/C28H54O14/c1-11-35-25(36-12-2,27(33-9,39-15-5)40-16-6)24(23(31)32,21-19-20-22(29)30)26(37-13-3,38-14-4)28(34-10,41-17-7)42-18-8/h11-21H2,1-10H3,(H,29,30)(H,31,32). The highest BCUT2D eigenvalue weighted by molar-refractivity contribution is 5.78. The molecule has 0 rings (SSSR count). The monoisotopic (exact) mass is 614 g/mol. The van der Waals surface area contributed by atoms with Crippen molar-refractivity contribution in [2.45, 2.75) is 98.2 Å². The number of hydrogen-bond donors (Lipinski definition) is 2. The van der Waals surface area contributed by atoms with Gasteiger partial charge in [-0.05, 0) is 68.2 Å². The molecule has 0 saturated carbocycles. The summed E-state index contributed by atoms with van der Waals surface area (Å²) in [7, 11) is 2.50. The molecule has 14 heteroatoms. The molecule has 0 aromatic heterocycles. The van der Waals surface area contributed by atoms with Crippen LogP contribution in [0, 0.1) is 5.41 Å². The van der Waals surface area contributed by atoms with E-state index in [9.17, 15) is 19.8 Å². The molecule has 14 nitrogen and oxygen atoms in total. The summed E-state index contributed by atoms with van der Waals surface area (Å²) in [6.45, 7) is 12.4. The lowest BCUT2D eigenvalue weighted by Crippen LogP contribution is -2.83. The first kappa shape index (κ1) is 40.5. The fourth-order valence-corrected chi connectivity index (χ4v) is 5.43. The molecule has 250 valence electrons. The largest absolute Gasteiger partial charge is 0.481 e. The number of hydrogen-bond acceptors (Lipinski definition) is 12. The predicted octanol–water partition coefficient (Wildman–Crippen LogP) is 3.60. The third-order valence-electron chi connectivity index (χ3n) is 6.50. The number of ether oxygens (including phenoxy) is 10. The van der Waals surface area contributed by atoms with E-state index in [4.69, 9.17) is 47.4 Å². The molecule has 0 saturated heterocycles. The van der Waals surface area contributed by atoms with Crippen molar-refractivity contribution in [3.63, 3.8) is 0 Å². The van der Waals surface area contributed by atoms with E-state index in [1.807, 2.05) is 0 Å². The predicted molar refractivity (Wildman–Crippen MR) is 150 cm³/mol. The number of carbonyl (C=O) groups is 2.